The molecular formula is C25H27N3OS. The summed E-state index contributed by atoms with van der Waals surface area (Å²) in [5.41, 5.74) is 3.43. The number of benzene rings is 3. The van der Waals surface area contributed by atoms with Crippen LogP contribution in [0.5, 0.6) is 0 Å². The lowest BCUT2D eigenvalue weighted by molar-refractivity contribution is -0.113. The number of thioether (sulfide) groups is 1. The van der Waals surface area contributed by atoms with Crippen LogP contribution >= 0.6 is 11.8 Å². The second-order valence-corrected chi connectivity index (χ2v) is 8.49. The van der Waals surface area contributed by atoms with Gasteiger partial charge in [-0.1, -0.05) is 48.5 Å². The Morgan fingerprint density at radius 1 is 0.800 bits per heavy atom. The summed E-state index contributed by atoms with van der Waals surface area (Å²) in [6.07, 6.45) is 0. The lowest BCUT2D eigenvalue weighted by Gasteiger charge is -2.36. The third kappa shape index (κ3) is 5.88. The maximum Gasteiger partial charge on any atom is 0.234 e. The topological polar surface area (TPSA) is 35.6 Å². The van der Waals surface area contributed by atoms with Gasteiger partial charge in [-0.2, -0.15) is 0 Å². The number of anilines is 2. The number of hydrogen-bond acceptors (Lipinski definition) is 4. The van der Waals surface area contributed by atoms with E-state index in [-0.39, 0.29) is 5.91 Å². The molecule has 0 aliphatic carbocycles. The van der Waals surface area contributed by atoms with Crippen LogP contribution < -0.4 is 10.2 Å². The highest BCUT2D eigenvalue weighted by atomic mass is 32.2. The zero-order valence-corrected chi connectivity index (χ0v) is 17.9. The van der Waals surface area contributed by atoms with Crippen LogP contribution in [0.2, 0.25) is 0 Å². The predicted octanol–water partition coefficient (Wildman–Crippen LogP) is 4.74. The summed E-state index contributed by atoms with van der Waals surface area (Å²) in [5.74, 6) is 0.431. The second-order valence-electron chi connectivity index (χ2n) is 7.45. The van der Waals surface area contributed by atoms with Gasteiger partial charge in [-0.25, -0.2) is 0 Å². The molecule has 3 aromatic carbocycles. The number of piperazine rings is 1. The van der Waals surface area contributed by atoms with E-state index in [1.54, 1.807) is 11.8 Å². The maximum atomic E-state index is 12.2. The quantitative estimate of drug-likeness (QED) is 0.563. The van der Waals surface area contributed by atoms with Gasteiger partial charge in [-0.3, -0.25) is 9.69 Å². The van der Waals surface area contributed by atoms with E-state index in [4.69, 9.17) is 0 Å². The Morgan fingerprint density at radius 3 is 2.10 bits per heavy atom. The Hall–Kier alpha value is -2.76. The van der Waals surface area contributed by atoms with Gasteiger partial charge < -0.3 is 10.2 Å². The molecule has 1 heterocycles. The molecule has 0 bridgehead atoms. The summed E-state index contributed by atoms with van der Waals surface area (Å²) in [6, 6.07) is 28.9. The molecule has 1 amide bonds. The number of amides is 1. The number of carbonyl (C=O) groups is 1. The molecule has 0 saturated carbocycles. The van der Waals surface area contributed by atoms with Crippen molar-refractivity contribution in [3.63, 3.8) is 0 Å². The smallest absolute Gasteiger partial charge is 0.234 e. The first kappa shape index (κ1) is 20.5. The molecule has 1 fully saturated rings. The van der Waals surface area contributed by atoms with Gasteiger partial charge >= 0.3 is 0 Å². The zero-order chi connectivity index (χ0) is 20.6. The molecule has 4 nitrogen and oxygen atoms in total. The van der Waals surface area contributed by atoms with Gasteiger partial charge in [0.25, 0.3) is 0 Å². The van der Waals surface area contributed by atoms with Gasteiger partial charge in [0, 0.05) is 49.0 Å². The number of carbonyl (C=O) groups excluding carboxylic acids is 1. The Balaban J connectivity index is 1.23. The molecule has 0 unspecified atom stereocenters. The van der Waals surface area contributed by atoms with E-state index >= 15 is 0 Å². The summed E-state index contributed by atoms with van der Waals surface area (Å²) in [7, 11) is 0. The van der Waals surface area contributed by atoms with Gasteiger partial charge in [-0.05, 0) is 42.0 Å². The molecule has 0 spiro atoms. The summed E-state index contributed by atoms with van der Waals surface area (Å²) in [4.78, 5) is 18.2. The molecule has 0 aromatic heterocycles. The highest BCUT2D eigenvalue weighted by molar-refractivity contribution is 8.00. The van der Waals surface area contributed by atoms with Crippen LogP contribution in [0, 0.1) is 0 Å². The normalized spacial score (nSPS) is 14.5. The van der Waals surface area contributed by atoms with Crippen LogP contribution in [0.25, 0.3) is 0 Å². The van der Waals surface area contributed by atoms with E-state index in [2.05, 4.69) is 57.6 Å². The standard InChI is InChI=1S/C25H27N3OS/c29-25(20-30-24-9-5-2-6-10-24)26-22-11-13-23(14-12-22)28-17-15-27(16-18-28)19-21-7-3-1-4-8-21/h1-14H,15-20H2,(H,26,29). The predicted molar refractivity (Wildman–Crippen MR) is 126 cm³/mol. The molecule has 5 heteroatoms. The van der Waals surface area contributed by atoms with Gasteiger partial charge in [0.05, 0.1) is 5.75 Å². The maximum absolute atomic E-state index is 12.2. The minimum atomic E-state index is 0.0196. The fourth-order valence-electron chi connectivity index (χ4n) is 3.62. The first-order chi connectivity index (χ1) is 14.8. The van der Waals surface area contributed by atoms with Crippen molar-refractivity contribution in [1.29, 1.82) is 0 Å². The van der Waals surface area contributed by atoms with E-state index < -0.39 is 0 Å². The van der Waals surface area contributed by atoms with Crippen LogP contribution in [-0.2, 0) is 11.3 Å². The first-order valence-electron chi connectivity index (χ1n) is 10.4. The SMILES string of the molecule is O=C(CSc1ccccc1)Nc1ccc(N2CCN(Cc3ccccc3)CC2)cc1. The zero-order valence-electron chi connectivity index (χ0n) is 17.0. The van der Waals surface area contributed by atoms with Gasteiger partial charge in [0.1, 0.15) is 0 Å². The van der Waals surface area contributed by atoms with E-state index in [9.17, 15) is 4.79 Å². The Morgan fingerprint density at radius 2 is 1.43 bits per heavy atom. The molecule has 1 N–H and O–H groups in total. The molecule has 0 atom stereocenters. The van der Waals surface area contributed by atoms with Crippen molar-refractivity contribution in [2.75, 3.05) is 42.1 Å². The lowest BCUT2D eigenvalue weighted by atomic mass is 10.2. The van der Waals surface area contributed by atoms with Crippen LogP contribution in [0.1, 0.15) is 5.56 Å². The van der Waals surface area contributed by atoms with Crippen molar-refractivity contribution in [3.05, 3.63) is 90.5 Å². The Bertz CT molecular complexity index is 924. The van der Waals surface area contributed by atoms with Crippen molar-refractivity contribution in [2.24, 2.45) is 0 Å². The highest BCUT2D eigenvalue weighted by Crippen LogP contribution is 2.21. The number of rotatable bonds is 7. The molecule has 4 rings (SSSR count). The van der Waals surface area contributed by atoms with Crippen LogP contribution in [-0.4, -0.2) is 42.7 Å². The number of hydrogen-bond donors (Lipinski definition) is 1. The van der Waals surface area contributed by atoms with Crippen molar-refractivity contribution in [1.82, 2.24) is 4.90 Å². The lowest BCUT2D eigenvalue weighted by Crippen LogP contribution is -2.45. The van der Waals surface area contributed by atoms with E-state index in [1.165, 1.54) is 11.3 Å². The minimum absolute atomic E-state index is 0.0196. The van der Waals surface area contributed by atoms with Gasteiger partial charge in [-0.15, -0.1) is 11.8 Å². The molecule has 1 saturated heterocycles. The second kappa shape index (κ2) is 10.3. The molecule has 1 aliphatic heterocycles. The van der Waals surface area contributed by atoms with Gasteiger partial charge in [0.15, 0.2) is 0 Å². The monoisotopic (exact) mass is 417 g/mol. The van der Waals surface area contributed by atoms with Crippen molar-refractivity contribution in [3.8, 4) is 0 Å². The summed E-state index contributed by atoms with van der Waals surface area (Å²) < 4.78 is 0. The average molecular weight is 418 g/mol. The van der Waals surface area contributed by atoms with E-state index in [0.717, 1.165) is 43.3 Å². The number of nitrogens with zero attached hydrogens (tertiary/aromatic N) is 2. The van der Waals surface area contributed by atoms with E-state index in [0.29, 0.717) is 5.75 Å². The third-order valence-electron chi connectivity index (χ3n) is 5.25. The third-order valence-corrected chi connectivity index (χ3v) is 6.26. The summed E-state index contributed by atoms with van der Waals surface area (Å²) in [6.45, 7) is 5.17. The minimum Gasteiger partial charge on any atom is -0.369 e. The molecule has 30 heavy (non-hydrogen) atoms. The van der Waals surface area contributed by atoms with E-state index in [1.807, 2.05) is 42.5 Å². The molecule has 1 aliphatic rings. The first-order valence-corrected chi connectivity index (χ1v) is 11.3. The van der Waals surface area contributed by atoms with Gasteiger partial charge in [0.2, 0.25) is 5.91 Å². The molecular weight excluding hydrogens is 390 g/mol. The van der Waals surface area contributed by atoms with Crippen molar-refractivity contribution in [2.45, 2.75) is 11.4 Å². The summed E-state index contributed by atoms with van der Waals surface area (Å²) >= 11 is 1.55. The fourth-order valence-corrected chi connectivity index (χ4v) is 4.34. The largest absolute Gasteiger partial charge is 0.369 e. The Kier molecular flexibility index (Phi) is 7.06. The van der Waals surface area contributed by atoms with Crippen LogP contribution in [0.3, 0.4) is 0 Å². The van der Waals surface area contributed by atoms with Crippen LogP contribution in [0.4, 0.5) is 11.4 Å². The highest BCUT2D eigenvalue weighted by Gasteiger charge is 2.17. The summed E-state index contributed by atoms with van der Waals surface area (Å²) in [5, 5.41) is 2.99. The fraction of sp³-hybridized carbons (Fsp3) is 0.240. The molecule has 3 aromatic rings. The van der Waals surface area contributed by atoms with Crippen LogP contribution in [0.15, 0.2) is 89.8 Å². The molecule has 154 valence electrons. The average Bonchev–Trinajstić information content (AvgIpc) is 2.80. The Labute approximate surface area is 182 Å². The van der Waals surface area contributed by atoms with Crippen molar-refractivity contribution < 1.29 is 4.79 Å². The van der Waals surface area contributed by atoms with Crippen molar-refractivity contribution >= 4 is 29.0 Å². The molecule has 0 radical (unpaired) electrons. The number of nitrogens with one attached hydrogen (secondary N) is 1.